The van der Waals surface area contributed by atoms with Crippen LogP contribution in [0.4, 0.5) is 0 Å². The van der Waals surface area contributed by atoms with E-state index in [-0.39, 0.29) is 28.8 Å². The molecule has 29 heavy (non-hydrogen) atoms. The van der Waals surface area contributed by atoms with Gasteiger partial charge in [-0.25, -0.2) is 4.79 Å². The number of likely N-dealkylation sites (tertiary alicyclic amines) is 1. The molecule has 0 saturated carbocycles. The Bertz CT molecular complexity index is 811. The Kier molecular flexibility index (Phi) is 6.67. The number of carbonyl (C=O) groups is 4. The van der Waals surface area contributed by atoms with Crippen molar-refractivity contribution in [3.63, 3.8) is 0 Å². The Balaban J connectivity index is 1.68. The summed E-state index contributed by atoms with van der Waals surface area (Å²) in [5, 5.41) is 0. The molecule has 1 aromatic rings. The molecule has 156 valence electrons. The van der Waals surface area contributed by atoms with E-state index in [0.717, 1.165) is 38.5 Å². The molecule has 1 atom stereocenters. The summed E-state index contributed by atoms with van der Waals surface area (Å²) >= 11 is 0. The Morgan fingerprint density at radius 2 is 1.69 bits per heavy atom. The molecule has 0 spiro atoms. The van der Waals surface area contributed by atoms with Gasteiger partial charge in [-0.1, -0.05) is 26.2 Å². The van der Waals surface area contributed by atoms with E-state index in [1.165, 1.54) is 23.1 Å². The zero-order valence-corrected chi connectivity index (χ0v) is 17.1. The van der Waals surface area contributed by atoms with Gasteiger partial charge in [-0.2, -0.15) is 0 Å². The molecule has 0 radical (unpaired) electrons. The first-order valence-corrected chi connectivity index (χ1v) is 10.4. The standard InChI is InChI=1S/C22H28N2O5/c1-3-4-13-24-20(26)17-10-9-16(14-18(17)21(24)27)22(28)29-15(2)19(25)23-11-7-5-6-8-12-23/h9-10,14-15H,3-8,11-13H2,1-2H3. The van der Waals surface area contributed by atoms with Gasteiger partial charge in [0, 0.05) is 19.6 Å². The number of nitrogens with zero attached hydrogens (tertiary/aromatic N) is 2. The van der Waals surface area contributed by atoms with Crippen LogP contribution < -0.4 is 0 Å². The molecule has 2 aliphatic rings. The fourth-order valence-corrected chi connectivity index (χ4v) is 3.76. The van der Waals surface area contributed by atoms with Crippen LogP contribution in [-0.2, 0) is 9.53 Å². The number of rotatable bonds is 6. The SMILES string of the molecule is CCCCN1C(=O)c2ccc(C(=O)OC(C)C(=O)N3CCCCCC3)cc2C1=O. The van der Waals surface area contributed by atoms with Crippen LogP contribution in [0.1, 0.15) is 83.4 Å². The fourth-order valence-electron chi connectivity index (χ4n) is 3.76. The molecule has 2 heterocycles. The Morgan fingerprint density at radius 3 is 2.34 bits per heavy atom. The van der Waals surface area contributed by atoms with Crippen LogP contribution in [0, 0.1) is 0 Å². The average molecular weight is 400 g/mol. The van der Waals surface area contributed by atoms with Gasteiger partial charge in [-0.05, 0) is 44.4 Å². The lowest BCUT2D eigenvalue weighted by atomic mass is 10.1. The number of carbonyl (C=O) groups excluding carboxylic acids is 4. The maximum atomic E-state index is 12.6. The molecule has 7 nitrogen and oxygen atoms in total. The molecule has 1 fully saturated rings. The first kappa shape index (κ1) is 21.0. The highest BCUT2D eigenvalue weighted by Gasteiger charge is 2.36. The van der Waals surface area contributed by atoms with Crippen molar-refractivity contribution in [2.24, 2.45) is 0 Å². The minimum absolute atomic E-state index is 0.165. The molecule has 0 aromatic heterocycles. The lowest BCUT2D eigenvalue weighted by Gasteiger charge is -2.24. The molecule has 1 aromatic carbocycles. The monoisotopic (exact) mass is 400 g/mol. The number of fused-ring (bicyclic) bond motifs is 1. The quantitative estimate of drug-likeness (QED) is 0.541. The van der Waals surface area contributed by atoms with Gasteiger partial charge in [-0.3, -0.25) is 19.3 Å². The van der Waals surface area contributed by atoms with Gasteiger partial charge in [0.05, 0.1) is 16.7 Å². The fraction of sp³-hybridized carbons (Fsp3) is 0.545. The largest absolute Gasteiger partial charge is 0.449 e. The number of benzene rings is 1. The molecule has 1 unspecified atom stereocenters. The minimum atomic E-state index is -0.896. The summed E-state index contributed by atoms with van der Waals surface area (Å²) in [7, 11) is 0. The van der Waals surface area contributed by atoms with Crippen LogP contribution >= 0.6 is 0 Å². The third kappa shape index (κ3) is 4.49. The second-order valence-electron chi connectivity index (χ2n) is 7.66. The highest BCUT2D eigenvalue weighted by atomic mass is 16.5. The van der Waals surface area contributed by atoms with E-state index in [2.05, 4.69) is 0 Å². The van der Waals surface area contributed by atoms with Crippen molar-refractivity contribution in [2.45, 2.75) is 58.5 Å². The molecule has 1 saturated heterocycles. The second kappa shape index (κ2) is 9.20. The third-order valence-electron chi connectivity index (χ3n) is 5.49. The Labute approximate surface area is 171 Å². The van der Waals surface area contributed by atoms with E-state index in [1.807, 2.05) is 6.92 Å². The molecule has 3 rings (SSSR count). The molecule has 0 N–H and O–H groups in total. The number of esters is 1. The summed E-state index contributed by atoms with van der Waals surface area (Å²) in [4.78, 5) is 53.1. The number of hydrogen-bond acceptors (Lipinski definition) is 5. The number of ether oxygens (including phenoxy) is 1. The van der Waals surface area contributed by atoms with E-state index in [0.29, 0.717) is 25.2 Å². The van der Waals surface area contributed by atoms with Crippen molar-refractivity contribution in [2.75, 3.05) is 19.6 Å². The van der Waals surface area contributed by atoms with Gasteiger partial charge in [0.25, 0.3) is 17.7 Å². The van der Waals surface area contributed by atoms with E-state index in [9.17, 15) is 19.2 Å². The zero-order valence-electron chi connectivity index (χ0n) is 17.1. The predicted molar refractivity (Wildman–Crippen MR) is 107 cm³/mol. The summed E-state index contributed by atoms with van der Waals surface area (Å²) in [5.74, 6) is -1.58. The summed E-state index contributed by atoms with van der Waals surface area (Å²) in [6, 6.07) is 4.35. The van der Waals surface area contributed by atoms with Crippen molar-refractivity contribution in [1.82, 2.24) is 9.80 Å². The highest BCUT2D eigenvalue weighted by Crippen LogP contribution is 2.25. The van der Waals surface area contributed by atoms with Crippen LogP contribution in [0.25, 0.3) is 0 Å². The maximum absolute atomic E-state index is 12.6. The van der Waals surface area contributed by atoms with Gasteiger partial charge in [-0.15, -0.1) is 0 Å². The zero-order chi connectivity index (χ0) is 21.0. The van der Waals surface area contributed by atoms with Crippen molar-refractivity contribution < 1.29 is 23.9 Å². The summed E-state index contributed by atoms with van der Waals surface area (Å²) < 4.78 is 5.37. The molecule has 3 amide bonds. The summed E-state index contributed by atoms with van der Waals surface area (Å²) in [6.45, 7) is 5.29. The summed E-state index contributed by atoms with van der Waals surface area (Å²) in [5.41, 5.74) is 0.682. The molecule has 7 heteroatoms. The van der Waals surface area contributed by atoms with E-state index in [1.54, 1.807) is 11.8 Å². The van der Waals surface area contributed by atoms with Gasteiger partial charge in [0.1, 0.15) is 0 Å². The average Bonchev–Trinajstić information content (AvgIpc) is 2.91. The number of imide groups is 1. The van der Waals surface area contributed by atoms with Gasteiger partial charge >= 0.3 is 5.97 Å². The van der Waals surface area contributed by atoms with Crippen LogP contribution in [0.5, 0.6) is 0 Å². The van der Waals surface area contributed by atoms with Crippen molar-refractivity contribution in [1.29, 1.82) is 0 Å². The van der Waals surface area contributed by atoms with Crippen LogP contribution in [0.15, 0.2) is 18.2 Å². The minimum Gasteiger partial charge on any atom is -0.449 e. The van der Waals surface area contributed by atoms with Crippen molar-refractivity contribution in [3.05, 3.63) is 34.9 Å². The molecule has 0 aliphatic carbocycles. The van der Waals surface area contributed by atoms with E-state index >= 15 is 0 Å². The van der Waals surface area contributed by atoms with Gasteiger partial charge < -0.3 is 9.64 Å². The maximum Gasteiger partial charge on any atom is 0.338 e. The molecule has 0 bridgehead atoms. The molecular weight excluding hydrogens is 372 g/mol. The smallest absolute Gasteiger partial charge is 0.338 e. The number of unbranched alkanes of at least 4 members (excludes halogenated alkanes) is 1. The lowest BCUT2D eigenvalue weighted by molar-refractivity contribution is -0.139. The topological polar surface area (TPSA) is 84.0 Å². The second-order valence-corrected chi connectivity index (χ2v) is 7.66. The normalized spacial score (nSPS) is 17.7. The lowest BCUT2D eigenvalue weighted by Crippen LogP contribution is -2.40. The summed E-state index contributed by atoms with van der Waals surface area (Å²) in [6.07, 6.45) is 4.84. The Hall–Kier alpha value is -2.70. The molecule has 2 aliphatic heterocycles. The third-order valence-corrected chi connectivity index (χ3v) is 5.49. The Morgan fingerprint density at radius 1 is 1.03 bits per heavy atom. The highest BCUT2D eigenvalue weighted by molar-refractivity contribution is 6.22. The van der Waals surface area contributed by atoms with Crippen molar-refractivity contribution >= 4 is 23.7 Å². The van der Waals surface area contributed by atoms with Gasteiger partial charge in [0.15, 0.2) is 6.10 Å². The van der Waals surface area contributed by atoms with Crippen LogP contribution in [-0.4, -0.2) is 59.2 Å². The van der Waals surface area contributed by atoms with E-state index in [4.69, 9.17) is 4.74 Å². The van der Waals surface area contributed by atoms with Crippen LogP contribution in [0.3, 0.4) is 0 Å². The number of amides is 3. The predicted octanol–water partition coefficient (Wildman–Crippen LogP) is 3.03. The molecular formula is C22H28N2O5. The van der Waals surface area contributed by atoms with E-state index < -0.39 is 12.1 Å². The first-order chi connectivity index (χ1) is 13.9. The van der Waals surface area contributed by atoms with Gasteiger partial charge in [0.2, 0.25) is 0 Å². The number of hydrogen-bond donors (Lipinski definition) is 0. The van der Waals surface area contributed by atoms with Crippen LogP contribution in [0.2, 0.25) is 0 Å². The van der Waals surface area contributed by atoms with Crippen molar-refractivity contribution in [3.8, 4) is 0 Å². The first-order valence-electron chi connectivity index (χ1n) is 10.4.